The lowest BCUT2D eigenvalue weighted by Gasteiger charge is -2.26. The van der Waals surface area contributed by atoms with Crippen molar-refractivity contribution in [2.45, 2.75) is 31.5 Å². The number of hydrogen-bond acceptors (Lipinski definition) is 4. The maximum absolute atomic E-state index is 13.2. The summed E-state index contributed by atoms with van der Waals surface area (Å²) < 4.78 is 44.2. The SMILES string of the molecule is COC(=O)c1ccc(CCNC(=O)NC(CN2CCCC2=O)c2cccc(C(F)(F)F)c2)cc1. The second kappa shape index (κ2) is 11.0. The van der Waals surface area contributed by atoms with Crippen LogP contribution in [-0.2, 0) is 22.1 Å². The van der Waals surface area contributed by atoms with Gasteiger partial charge < -0.3 is 20.3 Å². The molecule has 1 heterocycles. The van der Waals surface area contributed by atoms with E-state index in [1.165, 1.54) is 19.2 Å². The first kappa shape index (κ1) is 25.1. The minimum atomic E-state index is -4.52. The molecule has 34 heavy (non-hydrogen) atoms. The Kier molecular flexibility index (Phi) is 8.14. The number of nitrogens with one attached hydrogen (secondary N) is 2. The number of hydrogen-bond donors (Lipinski definition) is 2. The summed E-state index contributed by atoms with van der Waals surface area (Å²) in [6.07, 6.45) is -2.98. The molecule has 7 nitrogen and oxygen atoms in total. The molecule has 0 spiro atoms. The summed E-state index contributed by atoms with van der Waals surface area (Å²) in [5.74, 6) is -0.532. The van der Waals surface area contributed by atoms with E-state index in [0.29, 0.717) is 31.4 Å². The maximum Gasteiger partial charge on any atom is 0.416 e. The van der Waals surface area contributed by atoms with Gasteiger partial charge in [-0.25, -0.2) is 9.59 Å². The Morgan fingerprint density at radius 1 is 1.15 bits per heavy atom. The number of alkyl halides is 3. The van der Waals surface area contributed by atoms with Crippen molar-refractivity contribution in [3.8, 4) is 0 Å². The first-order valence-corrected chi connectivity index (χ1v) is 10.8. The molecule has 3 amide bonds. The van der Waals surface area contributed by atoms with Gasteiger partial charge in [-0.15, -0.1) is 0 Å². The number of nitrogens with zero attached hydrogens (tertiary/aromatic N) is 1. The number of carbonyl (C=O) groups is 3. The Hall–Kier alpha value is -3.56. The first-order chi connectivity index (χ1) is 16.2. The molecule has 0 radical (unpaired) electrons. The quantitative estimate of drug-likeness (QED) is 0.568. The standard InChI is InChI=1S/C24H26F3N3O4/c1-34-22(32)17-9-7-16(8-10-17)11-12-28-23(33)29-20(15-30-13-3-6-21(30)31)18-4-2-5-19(14-18)24(25,26)27/h2,4-5,7-10,14,20H,3,6,11-13,15H2,1H3,(H2,28,29,33). The van der Waals surface area contributed by atoms with E-state index in [0.717, 1.165) is 17.7 Å². The predicted molar refractivity (Wildman–Crippen MR) is 118 cm³/mol. The van der Waals surface area contributed by atoms with Crippen molar-refractivity contribution in [3.05, 3.63) is 70.8 Å². The van der Waals surface area contributed by atoms with Gasteiger partial charge in [-0.2, -0.15) is 13.2 Å². The van der Waals surface area contributed by atoms with Gasteiger partial charge in [0.2, 0.25) is 5.91 Å². The van der Waals surface area contributed by atoms with Crippen LogP contribution < -0.4 is 10.6 Å². The van der Waals surface area contributed by atoms with Gasteiger partial charge in [0, 0.05) is 26.1 Å². The number of benzene rings is 2. The van der Waals surface area contributed by atoms with Crippen LogP contribution in [0.4, 0.5) is 18.0 Å². The largest absolute Gasteiger partial charge is 0.465 e. The van der Waals surface area contributed by atoms with Crippen LogP contribution in [0.3, 0.4) is 0 Å². The smallest absolute Gasteiger partial charge is 0.416 e. The molecule has 2 aromatic rings. The summed E-state index contributed by atoms with van der Waals surface area (Å²) in [4.78, 5) is 37.6. The molecular weight excluding hydrogens is 451 g/mol. The van der Waals surface area contributed by atoms with Crippen molar-refractivity contribution >= 4 is 17.9 Å². The van der Waals surface area contributed by atoms with Gasteiger partial charge >= 0.3 is 18.2 Å². The summed E-state index contributed by atoms with van der Waals surface area (Å²) in [6, 6.07) is 10.1. The van der Waals surface area contributed by atoms with Crippen LogP contribution in [0.2, 0.25) is 0 Å². The second-order valence-electron chi connectivity index (χ2n) is 7.96. The van der Waals surface area contributed by atoms with Gasteiger partial charge in [0.05, 0.1) is 24.3 Å². The van der Waals surface area contributed by atoms with Crippen molar-refractivity contribution < 1.29 is 32.3 Å². The third-order valence-corrected chi connectivity index (χ3v) is 5.57. The van der Waals surface area contributed by atoms with Crippen LogP contribution in [-0.4, -0.2) is 49.6 Å². The average molecular weight is 477 g/mol. The molecule has 0 bridgehead atoms. The zero-order valence-electron chi connectivity index (χ0n) is 18.7. The van der Waals surface area contributed by atoms with Crippen LogP contribution in [0.15, 0.2) is 48.5 Å². The van der Waals surface area contributed by atoms with Crippen LogP contribution in [0.25, 0.3) is 0 Å². The summed E-state index contributed by atoms with van der Waals surface area (Å²) in [6.45, 7) is 0.850. The fourth-order valence-corrected chi connectivity index (χ4v) is 3.74. The molecule has 1 aliphatic rings. The molecule has 2 aromatic carbocycles. The summed E-state index contributed by atoms with van der Waals surface area (Å²) in [5, 5.41) is 5.40. The number of amides is 3. The van der Waals surface area contributed by atoms with E-state index in [2.05, 4.69) is 15.4 Å². The fraction of sp³-hybridized carbons (Fsp3) is 0.375. The highest BCUT2D eigenvalue weighted by Gasteiger charge is 2.32. The molecule has 0 saturated carbocycles. The minimum Gasteiger partial charge on any atom is -0.465 e. The van der Waals surface area contributed by atoms with Gasteiger partial charge in [-0.3, -0.25) is 4.79 Å². The van der Waals surface area contributed by atoms with E-state index < -0.39 is 29.8 Å². The zero-order chi connectivity index (χ0) is 24.7. The van der Waals surface area contributed by atoms with E-state index in [-0.39, 0.29) is 24.6 Å². The highest BCUT2D eigenvalue weighted by Crippen LogP contribution is 2.31. The van der Waals surface area contributed by atoms with Crippen LogP contribution >= 0.6 is 0 Å². The van der Waals surface area contributed by atoms with Crippen molar-refractivity contribution in [3.63, 3.8) is 0 Å². The highest BCUT2D eigenvalue weighted by atomic mass is 19.4. The van der Waals surface area contributed by atoms with Crippen LogP contribution in [0, 0.1) is 0 Å². The molecule has 1 atom stereocenters. The number of likely N-dealkylation sites (tertiary alicyclic amines) is 1. The van der Waals surface area contributed by atoms with Gasteiger partial charge in [0.15, 0.2) is 0 Å². The van der Waals surface area contributed by atoms with Crippen molar-refractivity contribution in [1.82, 2.24) is 15.5 Å². The van der Waals surface area contributed by atoms with Gasteiger partial charge in [-0.05, 0) is 48.2 Å². The van der Waals surface area contributed by atoms with E-state index in [9.17, 15) is 27.6 Å². The summed E-state index contributed by atoms with van der Waals surface area (Å²) in [7, 11) is 1.30. The molecule has 182 valence electrons. The molecular formula is C24H26F3N3O4. The molecule has 1 aliphatic heterocycles. The molecule has 1 unspecified atom stereocenters. The topological polar surface area (TPSA) is 87.7 Å². The number of ether oxygens (including phenoxy) is 1. The number of esters is 1. The van der Waals surface area contributed by atoms with E-state index in [4.69, 9.17) is 0 Å². The predicted octanol–water partition coefficient (Wildman–Crippen LogP) is 3.70. The number of carbonyl (C=O) groups excluding carboxylic acids is 3. The number of urea groups is 1. The van der Waals surface area contributed by atoms with E-state index >= 15 is 0 Å². The van der Waals surface area contributed by atoms with E-state index in [1.54, 1.807) is 29.2 Å². The van der Waals surface area contributed by atoms with Crippen molar-refractivity contribution in [1.29, 1.82) is 0 Å². The fourth-order valence-electron chi connectivity index (χ4n) is 3.74. The normalized spacial score (nSPS) is 14.6. The van der Waals surface area contributed by atoms with Gasteiger partial charge in [0.25, 0.3) is 0 Å². The third-order valence-electron chi connectivity index (χ3n) is 5.57. The van der Waals surface area contributed by atoms with E-state index in [1.807, 2.05) is 0 Å². The third kappa shape index (κ3) is 6.72. The summed E-state index contributed by atoms with van der Waals surface area (Å²) >= 11 is 0. The molecule has 3 rings (SSSR count). The number of methoxy groups -OCH3 is 1. The Bertz CT molecular complexity index is 1020. The van der Waals surface area contributed by atoms with Crippen LogP contribution in [0.5, 0.6) is 0 Å². The second-order valence-corrected chi connectivity index (χ2v) is 7.96. The molecule has 10 heteroatoms. The lowest BCUT2D eigenvalue weighted by atomic mass is 10.0. The minimum absolute atomic E-state index is 0.0859. The summed E-state index contributed by atoms with van der Waals surface area (Å²) in [5.41, 5.74) is 0.741. The van der Waals surface area contributed by atoms with Crippen molar-refractivity contribution in [2.75, 3.05) is 26.7 Å². The zero-order valence-corrected chi connectivity index (χ0v) is 18.7. The number of halogens is 3. The molecule has 1 fully saturated rings. The molecule has 0 aromatic heterocycles. The lowest BCUT2D eigenvalue weighted by Crippen LogP contribution is -2.43. The monoisotopic (exact) mass is 477 g/mol. The number of rotatable bonds is 8. The Morgan fingerprint density at radius 3 is 2.50 bits per heavy atom. The molecule has 2 N–H and O–H groups in total. The lowest BCUT2D eigenvalue weighted by molar-refractivity contribution is -0.137. The highest BCUT2D eigenvalue weighted by molar-refractivity contribution is 5.89. The first-order valence-electron chi connectivity index (χ1n) is 10.8. The molecule has 1 saturated heterocycles. The Balaban J connectivity index is 1.63. The van der Waals surface area contributed by atoms with Crippen LogP contribution in [0.1, 0.15) is 45.9 Å². The Labute approximate surface area is 195 Å². The van der Waals surface area contributed by atoms with Gasteiger partial charge in [0.1, 0.15) is 0 Å². The van der Waals surface area contributed by atoms with Crippen molar-refractivity contribution in [2.24, 2.45) is 0 Å². The maximum atomic E-state index is 13.2. The van der Waals surface area contributed by atoms with Gasteiger partial charge in [-0.1, -0.05) is 24.3 Å². The average Bonchev–Trinajstić information content (AvgIpc) is 3.22. The molecule has 0 aliphatic carbocycles. The Morgan fingerprint density at radius 2 is 1.88 bits per heavy atom.